The minimum atomic E-state index is -1.05. The number of H-pyrrole nitrogens is 1. The Bertz CT molecular complexity index is 534. The predicted molar refractivity (Wildman–Crippen MR) is 56.3 cm³/mol. The average molecular weight is 216 g/mol. The number of hydrogen-bond donors (Lipinski definition) is 2. The van der Waals surface area contributed by atoms with Gasteiger partial charge in [-0.15, -0.1) is 10.2 Å². The molecule has 2 aromatic rings. The summed E-state index contributed by atoms with van der Waals surface area (Å²) in [5.41, 5.74) is 1.24. The van der Waals surface area contributed by atoms with E-state index in [1.807, 2.05) is 0 Å². The van der Waals surface area contributed by atoms with Gasteiger partial charge in [-0.1, -0.05) is 24.8 Å². The van der Waals surface area contributed by atoms with Gasteiger partial charge in [-0.3, -0.25) is 0 Å². The van der Waals surface area contributed by atoms with Crippen molar-refractivity contribution in [3.8, 4) is 11.4 Å². The molecule has 0 aliphatic rings. The van der Waals surface area contributed by atoms with Crippen molar-refractivity contribution in [2.75, 3.05) is 0 Å². The summed E-state index contributed by atoms with van der Waals surface area (Å²) in [5.74, 6) is -0.634. The molecule has 2 N–H and O–H groups in total. The first-order valence-corrected chi connectivity index (χ1v) is 4.45. The van der Waals surface area contributed by atoms with Crippen LogP contribution in [-0.2, 0) is 4.79 Å². The molecule has 2 rings (SSSR count). The number of nitrogens with one attached hydrogen (secondary N) is 1. The Hall–Kier alpha value is -2.50. The maximum absolute atomic E-state index is 10.7. The van der Waals surface area contributed by atoms with Crippen LogP contribution in [0.3, 0.4) is 0 Å². The van der Waals surface area contributed by atoms with Crippen molar-refractivity contribution in [2.45, 2.75) is 0 Å². The van der Waals surface area contributed by atoms with Gasteiger partial charge in [0.15, 0.2) is 0 Å². The smallest absolute Gasteiger partial charge is 0.335 e. The van der Waals surface area contributed by atoms with Gasteiger partial charge in [0.05, 0.1) is 5.57 Å². The molecule has 6 nitrogen and oxygen atoms in total. The third kappa shape index (κ3) is 1.81. The molecule has 80 valence electrons. The number of rotatable bonds is 3. The average Bonchev–Trinajstić information content (AvgIpc) is 2.81. The maximum Gasteiger partial charge on any atom is 0.335 e. The Labute approximate surface area is 90.6 Å². The number of benzene rings is 1. The molecule has 0 fully saturated rings. The number of hydrogen-bond acceptors (Lipinski definition) is 4. The number of aromatic nitrogens is 4. The lowest BCUT2D eigenvalue weighted by atomic mass is 10.0. The van der Waals surface area contributed by atoms with Gasteiger partial charge >= 0.3 is 5.97 Å². The molecule has 0 aliphatic carbocycles. The molecule has 6 heteroatoms. The zero-order valence-corrected chi connectivity index (χ0v) is 8.21. The molecule has 0 atom stereocenters. The minimum Gasteiger partial charge on any atom is -0.478 e. The summed E-state index contributed by atoms with van der Waals surface area (Å²) in [5, 5.41) is 22.2. The van der Waals surface area contributed by atoms with E-state index >= 15 is 0 Å². The predicted octanol–water partition coefficient (Wildman–Crippen LogP) is 0.964. The molecule has 1 aromatic carbocycles. The molecule has 0 unspecified atom stereocenters. The van der Waals surface area contributed by atoms with Crippen LogP contribution in [0.1, 0.15) is 5.56 Å². The van der Waals surface area contributed by atoms with E-state index in [4.69, 9.17) is 5.11 Å². The highest BCUT2D eigenvalue weighted by molar-refractivity contribution is 6.14. The van der Waals surface area contributed by atoms with Crippen LogP contribution >= 0.6 is 0 Å². The lowest BCUT2D eigenvalue weighted by molar-refractivity contribution is -0.130. The van der Waals surface area contributed by atoms with Crippen LogP contribution in [0.4, 0.5) is 0 Å². The van der Waals surface area contributed by atoms with Crippen LogP contribution in [0.25, 0.3) is 17.0 Å². The van der Waals surface area contributed by atoms with Gasteiger partial charge in [-0.25, -0.2) is 4.79 Å². The summed E-state index contributed by atoms with van der Waals surface area (Å²) in [4.78, 5) is 10.7. The van der Waals surface area contributed by atoms with Gasteiger partial charge in [-0.2, -0.15) is 5.21 Å². The van der Waals surface area contributed by atoms with Gasteiger partial charge in [-0.05, 0) is 16.8 Å². The van der Waals surface area contributed by atoms with Crippen molar-refractivity contribution in [3.05, 3.63) is 36.4 Å². The normalized spacial score (nSPS) is 10.0. The highest BCUT2D eigenvalue weighted by Crippen LogP contribution is 2.19. The van der Waals surface area contributed by atoms with Crippen molar-refractivity contribution < 1.29 is 9.90 Å². The number of carboxylic acid groups (broad SMARTS) is 1. The van der Waals surface area contributed by atoms with E-state index in [9.17, 15) is 4.79 Å². The monoisotopic (exact) mass is 216 g/mol. The Morgan fingerprint density at radius 3 is 2.88 bits per heavy atom. The number of nitrogens with zero attached hydrogens (tertiary/aromatic N) is 3. The van der Waals surface area contributed by atoms with Crippen LogP contribution in [0.15, 0.2) is 30.8 Å². The Morgan fingerprint density at radius 1 is 1.44 bits per heavy atom. The van der Waals surface area contributed by atoms with Gasteiger partial charge < -0.3 is 5.11 Å². The lowest BCUT2D eigenvalue weighted by Crippen LogP contribution is -1.98. The van der Waals surface area contributed by atoms with Gasteiger partial charge in [0.1, 0.15) is 0 Å². The molecule has 16 heavy (non-hydrogen) atoms. The highest BCUT2D eigenvalue weighted by Gasteiger charge is 2.09. The highest BCUT2D eigenvalue weighted by atomic mass is 16.4. The van der Waals surface area contributed by atoms with Crippen molar-refractivity contribution in [1.82, 2.24) is 20.6 Å². The SMILES string of the molecule is C=C(C(=O)O)c1cccc(-c2nn[nH]n2)c1. The maximum atomic E-state index is 10.7. The van der Waals surface area contributed by atoms with E-state index in [1.54, 1.807) is 24.3 Å². The van der Waals surface area contributed by atoms with Crippen LogP contribution in [-0.4, -0.2) is 31.7 Å². The summed E-state index contributed by atoms with van der Waals surface area (Å²) in [6.45, 7) is 3.48. The zero-order valence-electron chi connectivity index (χ0n) is 8.21. The van der Waals surface area contributed by atoms with E-state index in [0.29, 0.717) is 17.0 Å². The fraction of sp³-hybridized carbons (Fsp3) is 0. The first-order valence-electron chi connectivity index (χ1n) is 4.45. The van der Waals surface area contributed by atoms with Crippen molar-refractivity contribution in [3.63, 3.8) is 0 Å². The Balaban J connectivity index is 2.41. The fourth-order valence-electron chi connectivity index (χ4n) is 1.25. The van der Waals surface area contributed by atoms with E-state index < -0.39 is 5.97 Å². The van der Waals surface area contributed by atoms with Crippen LogP contribution in [0, 0.1) is 0 Å². The second kappa shape index (κ2) is 3.93. The molecule has 0 saturated carbocycles. The summed E-state index contributed by atoms with van der Waals surface area (Å²) in [6.07, 6.45) is 0. The summed E-state index contributed by atoms with van der Waals surface area (Å²) in [6, 6.07) is 6.81. The van der Waals surface area contributed by atoms with E-state index in [1.165, 1.54) is 0 Å². The standard InChI is InChI=1S/C10H8N4O2/c1-6(10(15)16)7-3-2-4-8(5-7)9-11-13-14-12-9/h2-5H,1H2,(H,15,16)(H,11,12,13,14). The summed E-state index contributed by atoms with van der Waals surface area (Å²) in [7, 11) is 0. The topological polar surface area (TPSA) is 91.8 Å². The second-order valence-electron chi connectivity index (χ2n) is 3.10. The first-order chi connectivity index (χ1) is 7.68. The second-order valence-corrected chi connectivity index (χ2v) is 3.10. The summed E-state index contributed by atoms with van der Waals surface area (Å²) < 4.78 is 0. The number of aliphatic carboxylic acids is 1. The molecule has 0 bridgehead atoms. The van der Waals surface area contributed by atoms with Crippen molar-refractivity contribution in [2.24, 2.45) is 0 Å². The molecule has 1 aromatic heterocycles. The van der Waals surface area contributed by atoms with Crippen LogP contribution < -0.4 is 0 Å². The van der Waals surface area contributed by atoms with Crippen LogP contribution in [0.2, 0.25) is 0 Å². The minimum absolute atomic E-state index is 0.0327. The van der Waals surface area contributed by atoms with E-state index in [0.717, 1.165) is 0 Å². The molecular weight excluding hydrogens is 208 g/mol. The van der Waals surface area contributed by atoms with Crippen LogP contribution in [0.5, 0.6) is 0 Å². The molecule has 0 radical (unpaired) electrons. The number of carboxylic acids is 1. The molecule has 0 aliphatic heterocycles. The summed E-state index contributed by atoms with van der Waals surface area (Å²) >= 11 is 0. The first kappa shape index (κ1) is 10.0. The molecule has 1 heterocycles. The van der Waals surface area contributed by atoms with E-state index in [2.05, 4.69) is 27.2 Å². The van der Waals surface area contributed by atoms with Crippen molar-refractivity contribution >= 4 is 11.5 Å². The Kier molecular flexibility index (Phi) is 2.47. The third-order valence-corrected chi connectivity index (χ3v) is 2.07. The molecule has 0 spiro atoms. The lowest BCUT2D eigenvalue weighted by Gasteiger charge is -2.01. The largest absolute Gasteiger partial charge is 0.478 e. The number of carbonyl (C=O) groups is 1. The fourth-order valence-corrected chi connectivity index (χ4v) is 1.25. The quantitative estimate of drug-likeness (QED) is 0.745. The zero-order chi connectivity index (χ0) is 11.5. The third-order valence-electron chi connectivity index (χ3n) is 2.07. The van der Waals surface area contributed by atoms with Crippen molar-refractivity contribution in [1.29, 1.82) is 0 Å². The van der Waals surface area contributed by atoms with Gasteiger partial charge in [0.2, 0.25) is 5.82 Å². The molecule has 0 saturated heterocycles. The van der Waals surface area contributed by atoms with Gasteiger partial charge in [0.25, 0.3) is 0 Å². The molecular formula is C10H8N4O2. The van der Waals surface area contributed by atoms with Gasteiger partial charge in [0, 0.05) is 5.56 Å². The van der Waals surface area contributed by atoms with E-state index in [-0.39, 0.29) is 5.57 Å². The number of tetrazole rings is 1. The number of aromatic amines is 1. The molecule has 0 amide bonds. The Morgan fingerprint density at radius 2 is 2.25 bits per heavy atom.